The van der Waals surface area contributed by atoms with Crippen LogP contribution in [0.2, 0.25) is 0 Å². The molecule has 1 aromatic rings. The Kier molecular flexibility index (Phi) is 4.86. The Morgan fingerprint density at radius 1 is 1.58 bits per heavy atom. The van der Waals surface area contributed by atoms with Crippen LogP contribution in [0.4, 0.5) is 4.39 Å². The number of likely N-dealkylation sites (N-methyl/N-ethyl adjacent to an activating group) is 1. The summed E-state index contributed by atoms with van der Waals surface area (Å²) < 4.78 is 18.9. The average Bonchev–Trinajstić information content (AvgIpc) is 2.42. The Balaban J connectivity index is 1.99. The van der Waals surface area contributed by atoms with Gasteiger partial charge in [0, 0.05) is 26.2 Å². The molecule has 1 aliphatic heterocycles. The van der Waals surface area contributed by atoms with Crippen LogP contribution in [0.3, 0.4) is 0 Å². The van der Waals surface area contributed by atoms with Crippen molar-refractivity contribution in [3.05, 3.63) is 35.1 Å². The van der Waals surface area contributed by atoms with Crippen LogP contribution in [0.25, 0.3) is 0 Å². The number of hydrogen-bond donors (Lipinski definition) is 1. The molecule has 1 unspecified atom stereocenters. The lowest BCUT2D eigenvalue weighted by molar-refractivity contribution is -0.0291. The van der Waals surface area contributed by atoms with Crippen LogP contribution in [0.5, 0.6) is 0 Å². The summed E-state index contributed by atoms with van der Waals surface area (Å²) in [6.07, 6.45) is 0.189. The van der Waals surface area contributed by atoms with Gasteiger partial charge < -0.3 is 10.1 Å². The summed E-state index contributed by atoms with van der Waals surface area (Å²) in [7, 11) is 1.90. The molecule has 5 heteroatoms. The van der Waals surface area contributed by atoms with E-state index in [1.807, 2.05) is 13.1 Å². The quantitative estimate of drug-likeness (QED) is 0.884. The Labute approximate surface area is 112 Å². The Bertz CT molecular complexity index is 470. The molecule has 1 fully saturated rings. The molecule has 0 spiro atoms. The number of rotatable bonds is 4. The van der Waals surface area contributed by atoms with E-state index in [0.717, 1.165) is 31.7 Å². The molecule has 1 heterocycles. The number of ether oxygens (including phenoxy) is 1. The zero-order valence-electron chi connectivity index (χ0n) is 11.0. The van der Waals surface area contributed by atoms with Crippen molar-refractivity contribution in [3.63, 3.8) is 0 Å². The Morgan fingerprint density at radius 3 is 3.16 bits per heavy atom. The van der Waals surface area contributed by atoms with Gasteiger partial charge in [-0.2, -0.15) is 5.26 Å². The zero-order chi connectivity index (χ0) is 13.7. The molecule has 0 amide bonds. The van der Waals surface area contributed by atoms with Crippen molar-refractivity contribution in [2.24, 2.45) is 0 Å². The minimum atomic E-state index is -0.457. The highest BCUT2D eigenvalue weighted by molar-refractivity contribution is 5.34. The molecule has 0 bridgehead atoms. The third-order valence-electron chi connectivity index (χ3n) is 3.21. The molecule has 1 N–H and O–H groups in total. The molecule has 19 heavy (non-hydrogen) atoms. The Morgan fingerprint density at radius 2 is 2.42 bits per heavy atom. The van der Waals surface area contributed by atoms with Gasteiger partial charge in [0.15, 0.2) is 0 Å². The van der Waals surface area contributed by atoms with Gasteiger partial charge in [-0.1, -0.05) is 6.07 Å². The topological polar surface area (TPSA) is 48.3 Å². The second kappa shape index (κ2) is 6.62. The maximum atomic E-state index is 13.2. The van der Waals surface area contributed by atoms with Gasteiger partial charge in [0.1, 0.15) is 11.9 Å². The summed E-state index contributed by atoms with van der Waals surface area (Å²) >= 11 is 0. The molecule has 102 valence electrons. The number of hydrogen-bond acceptors (Lipinski definition) is 4. The molecule has 1 aliphatic rings. The minimum Gasteiger partial charge on any atom is -0.374 e. The van der Waals surface area contributed by atoms with E-state index in [4.69, 9.17) is 10.00 Å². The second-order valence-corrected chi connectivity index (χ2v) is 4.71. The van der Waals surface area contributed by atoms with Crippen LogP contribution in [0, 0.1) is 17.1 Å². The summed E-state index contributed by atoms with van der Waals surface area (Å²) in [5.74, 6) is -0.457. The first-order valence-electron chi connectivity index (χ1n) is 6.40. The number of benzene rings is 1. The van der Waals surface area contributed by atoms with Crippen LogP contribution in [-0.2, 0) is 11.3 Å². The molecule has 1 saturated heterocycles. The van der Waals surface area contributed by atoms with Crippen LogP contribution in [0.15, 0.2) is 18.2 Å². The summed E-state index contributed by atoms with van der Waals surface area (Å²) in [6.45, 7) is 3.96. The van der Waals surface area contributed by atoms with E-state index < -0.39 is 5.82 Å². The van der Waals surface area contributed by atoms with E-state index in [2.05, 4.69) is 10.2 Å². The predicted octanol–water partition coefficient (Wildman–Crippen LogP) is 1.12. The lowest BCUT2D eigenvalue weighted by Gasteiger charge is -2.32. The van der Waals surface area contributed by atoms with Gasteiger partial charge >= 0.3 is 0 Å². The molecule has 4 nitrogen and oxygen atoms in total. The van der Waals surface area contributed by atoms with Gasteiger partial charge in [0.2, 0.25) is 0 Å². The van der Waals surface area contributed by atoms with Crippen molar-refractivity contribution >= 4 is 0 Å². The predicted molar refractivity (Wildman–Crippen MR) is 70.1 cm³/mol. The number of halogens is 1. The van der Waals surface area contributed by atoms with Gasteiger partial charge in [-0.3, -0.25) is 4.90 Å². The van der Waals surface area contributed by atoms with Gasteiger partial charge in [-0.05, 0) is 24.7 Å². The van der Waals surface area contributed by atoms with E-state index in [9.17, 15) is 4.39 Å². The summed E-state index contributed by atoms with van der Waals surface area (Å²) in [6, 6.07) is 6.59. The normalized spacial score (nSPS) is 20.2. The molecular weight excluding hydrogens is 245 g/mol. The van der Waals surface area contributed by atoms with Gasteiger partial charge in [-0.15, -0.1) is 0 Å². The monoisotopic (exact) mass is 263 g/mol. The van der Waals surface area contributed by atoms with Gasteiger partial charge in [-0.25, -0.2) is 4.39 Å². The molecule has 0 aliphatic carbocycles. The average molecular weight is 263 g/mol. The first kappa shape index (κ1) is 13.9. The van der Waals surface area contributed by atoms with Crippen molar-refractivity contribution in [1.82, 2.24) is 10.2 Å². The maximum absolute atomic E-state index is 13.2. The van der Waals surface area contributed by atoms with E-state index in [1.54, 1.807) is 12.1 Å². The van der Waals surface area contributed by atoms with E-state index in [0.29, 0.717) is 6.61 Å². The molecule has 0 radical (unpaired) electrons. The Hall–Kier alpha value is -1.48. The van der Waals surface area contributed by atoms with E-state index in [1.165, 1.54) is 6.07 Å². The maximum Gasteiger partial charge on any atom is 0.140 e. The number of nitrogens with zero attached hydrogens (tertiary/aromatic N) is 2. The minimum absolute atomic E-state index is 0.109. The largest absolute Gasteiger partial charge is 0.374 e. The third-order valence-corrected chi connectivity index (χ3v) is 3.21. The smallest absolute Gasteiger partial charge is 0.140 e. The molecule has 0 aromatic heterocycles. The highest BCUT2D eigenvalue weighted by atomic mass is 19.1. The van der Waals surface area contributed by atoms with Crippen LogP contribution in [-0.4, -0.2) is 44.3 Å². The summed E-state index contributed by atoms with van der Waals surface area (Å²) in [5.41, 5.74) is 1.07. The summed E-state index contributed by atoms with van der Waals surface area (Å²) in [5, 5.41) is 11.9. The molecule has 1 aromatic carbocycles. The van der Waals surface area contributed by atoms with E-state index in [-0.39, 0.29) is 11.7 Å². The number of nitrogens with one attached hydrogen (secondary N) is 1. The summed E-state index contributed by atoms with van der Waals surface area (Å²) in [4.78, 5) is 2.26. The van der Waals surface area contributed by atoms with Crippen LogP contribution >= 0.6 is 0 Å². The SMILES string of the molecule is CNCC1CN(Cc2ccc(F)c(C#N)c2)CCO1. The fraction of sp³-hybridized carbons (Fsp3) is 0.500. The van der Waals surface area contributed by atoms with Crippen molar-refractivity contribution in [3.8, 4) is 6.07 Å². The van der Waals surface area contributed by atoms with Gasteiger partial charge in [0.05, 0.1) is 18.3 Å². The van der Waals surface area contributed by atoms with Gasteiger partial charge in [0.25, 0.3) is 0 Å². The van der Waals surface area contributed by atoms with Crippen LogP contribution in [0.1, 0.15) is 11.1 Å². The van der Waals surface area contributed by atoms with Crippen molar-refractivity contribution < 1.29 is 9.13 Å². The standard InChI is InChI=1S/C14H18FN3O/c1-17-8-13-10-18(4-5-19-13)9-11-2-3-14(15)12(6-11)7-16/h2-3,6,13,17H,4-5,8-10H2,1H3. The lowest BCUT2D eigenvalue weighted by atomic mass is 10.1. The molecule has 0 saturated carbocycles. The second-order valence-electron chi connectivity index (χ2n) is 4.71. The number of morpholine rings is 1. The fourth-order valence-corrected chi connectivity index (χ4v) is 2.29. The van der Waals surface area contributed by atoms with E-state index >= 15 is 0 Å². The highest BCUT2D eigenvalue weighted by Crippen LogP contribution is 2.14. The molecule has 1 atom stereocenters. The fourth-order valence-electron chi connectivity index (χ4n) is 2.29. The number of nitriles is 1. The zero-order valence-corrected chi connectivity index (χ0v) is 11.0. The first-order chi connectivity index (χ1) is 9.22. The van der Waals surface area contributed by atoms with Crippen LogP contribution < -0.4 is 5.32 Å². The van der Waals surface area contributed by atoms with Crippen molar-refractivity contribution in [2.45, 2.75) is 12.6 Å². The third kappa shape index (κ3) is 3.74. The molecule has 2 rings (SSSR count). The molecular formula is C14H18FN3O. The highest BCUT2D eigenvalue weighted by Gasteiger charge is 2.20. The van der Waals surface area contributed by atoms with Crippen molar-refractivity contribution in [1.29, 1.82) is 5.26 Å². The first-order valence-corrected chi connectivity index (χ1v) is 6.40. The lowest BCUT2D eigenvalue weighted by Crippen LogP contribution is -2.45. The van der Waals surface area contributed by atoms with Crippen molar-refractivity contribution in [2.75, 3.05) is 33.3 Å².